The number of benzene rings is 1. The molecule has 2 N–H and O–H groups in total. The molecule has 0 atom stereocenters. The lowest BCUT2D eigenvalue weighted by Gasteiger charge is -2.12. The van der Waals surface area contributed by atoms with Crippen molar-refractivity contribution < 1.29 is 9.47 Å². The molecule has 96 valence electrons. The normalized spacial score (nSPS) is 10.5. The van der Waals surface area contributed by atoms with Gasteiger partial charge in [0.2, 0.25) is 0 Å². The first-order chi connectivity index (χ1) is 8.29. The molecule has 1 aromatic rings. The lowest BCUT2D eigenvalue weighted by Crippen LogP contribution is -2.10. The van der Waals surface area contributed by atoms with Crippen molar-refractivity contribution in [3.63, 3.8) is 0 Å². The molecule has 0 saturated carbocycles. The molecule has 3 nitrogen and oxygen atoms in total. The van der Waals surface area contributed by atoms with Crippen molar-refractivity contribution >= 4 is 15.9 Å². The highest BCUT2D eigenvalue weighted by Crippen LogP contribution is 2.28. The van der Waals surface area contributed by atoms with E-state index in [2.05, 4.69) is 22.9 Å². The summed E-state index contributed by atoms with van der Waals surface area (Å²) in [4.78, 5) is 0. The van der Waals surface area contributed by atoms with Gasteiger partial charge in [0, 0.05) is 18.7 Å². The molecule has 0 spiro atoms. The minimum absolute atomic E-state index is 0.478. The third-order valence-electron chi connectivity index (χ3n) is 2.38. The molecule has 17 heavy (non-hydrogen) atoms. The Bertz CT molecular complexity index is 331. The topological polar surface area (TPSA) is 44.5 Å². The van der Waals surface area contributed by atoms with Gasteiger partial charge >= 0.3 is 0 Å². The molecular formula is C13H20BrNO2. The first kappa shape index (κ1) is 14.5. The van der Waals surface area contributed by atoms with E-state index in [1.54, 1.807) is 0 Å². The molecule has 0 radical (unpaired) electrons. The molecule has 0 amide bonds. The van der Waals surface area contributed by atoms with E-state index < -0.39 is 0 Å². The summed E-state index contributed by atoms with van der Waals surface area (Å²) in [5.41, 5.74) is 6.66. The fraction of sp³-hybridized carbons (Fsp3) is 0.538. The van der Waals surface area contributed by atoms with Gasteiger partial charge in [0.1, 0.15) is 12.4 Å². The predicted molar refractivity (Wildman–Crippen MR) is 73.3 cm³/mol. The molecule has 1 aromatic carbocycles. The highest BCUT2D eigenvalue weighted by atomic mass is 79.9. The van der Waals surface area contributed by atoms with E-state index >= 15 is 0 Å². The number of hydrogen-bond donors (Lipinski definition) is 1. The number of hydrogen-bond acceptors (Lipinski definition) is 3. The zero-order valence-corrected chi connectivity index (χ0v) is 11.8. The minimum Gasteiger partial charge on any atom is -0.490 e. The summed E-state index contributed by atoms with van der Waals surface area (Å²) in [5.74, 6) is 0.828. The molecular weight excluding hydrogens is 282 g/mol. The van der Waals surface area contributed by atoms with Crippen LogP contribution in [-0.2, 0) is 11.3 Å². The number of unbranched alkanes of at least 4 members (excludes halogenated alkanes) is 1. The SMILES string of the molecule is CCCCOCCOc1c(Br)cccc1CN. The van der Waals surface area contributed by atoms with Crippen LogP contribution < -0.4 is 10.5 Å². The monoisotopic (exact) mass is 301 g/mol. The second-order valence-electron chi connectivity index (χ2n) is 3.75. The van der Waals surface area contributed by atoms with Crippen LogP contribution >= 0.6 is 15.9 Å². The van der Waals surface area contributed by atoms with Gasteiger partial charge in [-0.25, -0.2) is 0 Å². The molecule has 0 aromatic heterocycles. The maximum Gasteiger partial charge on any atom is 0.138 e. The third kappa shape index (κ3) is 5.06. The number of nitrogens with two attached hydrogens (primary N) is 1. The first-order valence-corrected chi connectivity index (χ1v) is 6.77. The van der Waals surface area contributed by atoms with Crippen molar-refractivity contribution in [2.24, 2.45) is 5.73 Å². The molecule has 0 fully saturated rings. The summed E-state index contributed by atoms with van der Waals surface area (Å²) in [6.07, 6.45) is 2.26. The molecule has 0 aliphatic rings. The third-order valence-corrected chi connectivity index (χ3v) is 3.01. The largest absolute Gasteiger partial charge is 0.490 e. The molecule has 0 aliphatic carbocycles. The van der Waals surface area contributed by atoms with Crippen LogP contribution in [0.4, 0.5) is 0 Å². The average molecular weight is 302 g/mol. The maximum atomic E-state index is 5.69. The van der Waals surface area contributed by atoms with Crippen molar-refractivity contribution in [1.82, 2.24) is 0 Å². The zero-order chi connectivity index (χ0) is 12.5. The van der Waals surface area contributed by atoms with E-state index in [1.165, 1.54) is 0 Å². The van der Waals surface area contributed by atoms with Gasteiger partial charge in [0.25, 0.3) is 0 Å². The Morgan fingerprint density at radius 2 is 2.06 bits per heavy atom. The Morgan fingerprint density at radius 1 is 1.24 bits per heavy atom. The Labute approximate surface area is 111 Å². The minimum atomic E-state index is 0.478. The van der Waals surface area contributed by atoms with Gasteiger partial charge in [-0.2, -0.15) is 0 Å². The van der Waals surface area contributed by atoms with Crippen LogP contribution in [0, 0.1) is 0 Å². The summed E-state index contributed by atoms with van der Waals surface area (Å²) >= 11 is 3.46. The molecule has 0 saturated heterocycles. The lowest BCUT2D eigenvalue weighted by molar-refractivity contribution is 0.0975. The van der Waals surface area contributed by atoms with Crippen LogP contribution in [0.25, 0.3) is 0 Å². The van der Waals surface area contributed by atoms with Crippen molar-refractivity contribution in [3.05, 3.63) is 28.2 Å². The number of para-hydroxylation sites is 1. The molecule has 0 aliphatic heterocycles. The van der Waals surface area contributed by atoms with Gasteiger partial charge in [-0.1, -0.05) is 25.5 Å². The summed E-state index contributed by atoms with van der Waals surface area (Å²) in [7, 11) is 0. The molecule has 1 rings (SSSR count). The predicted octanol–water partition coefficient (Wildman–Crippen LogP) is 3.10. The van der Waals surface area contributed by atoms with Crippen molar-refractivity contribution in [2.75, 3.05) is 19.8 Å². The van der Waals surface area contributed by atoms with Crippen LogP contribution in [0.1, 0.15) is 25.3 Å². The van der Waals surface area contributed by atoms with Gasteiger partial charge in [-0.3, -0.25) is 0 Å². The van der Waals surface area contributed by atoms with E-state index in [0.29, 0.717) is 19.8 Å². The quantitative estimate of drug-likeness (QED) is 0.750. The first-order valence-electron chi connectivity index (χ1n) is 5.97. The molecule has 0 heterocycles. The van der Waals surface area contributed by atoms with E-state index in [4.69, 9.17) is 15.2 Å². The molecule has 0 unspecified atom stereocenters. The average Bonchev–Trinajstić information content (AvgIpc) is 2.35. The summed E-state index contributed by atoms with van der Waals surface area (Å²) in [5, 5.41) is 0. The Hall–Kier alpha value is -0.580. The molecule has 4 heteroatoms. The fourth-order valence-corrected chi connectivity index (χ4v) is 1.95. The van der Waals surface area contributed by atoms with E-state index in [1.807, 2.05) is 18.2 Å². The Morgan fingerprint density at radius 3 is 2.76 bits per heavy atom. The number of rotatable bonds is 8. The number of halogens is 1. The second kappa shape index (κ2) is 8.50. The van der Waals surface area contributed by atoms with Crippen LogP contribution in [0.5, 0.6) is 5.75 Å². The van der Waals surface area contributed by atoms with Crippen molar-refractivity contribution in [2.45, 2.75) is 26.3 Å². The van der Waals surface area contributed by atoms with Crippen molar-refractivity contribution in [3.8, 4) is 5.75 Å². The highest BCUT2D eigenvalue weighted by Gasteiger charge is 2.06. The smallest absolute Gasteiger partial charge is 0.138 e. The fourth-order valence-electron chi connectivity index (χ4n) is 1.43. The Balaban J connectivity index is 2.35. The highest BCUT2D eigenvalue weighted by molar-refractivity contribution is 9.10. The Kier molecular flexibility index (Phi) is 7.24. The van der Waals surface area contributed by atoms with E-state index in [0.717, 1.165) is 35.2 Å². The van der Waals surface area contributed by atoms with Crippen LogP contribution in [0.3, 0.4) is 0 Å². The molecule has 0 bridgehead atoms. The zero-order valence-electron chi connectivity index (χ0n) is 10.2. The lowest BCUT2D eigenvalue weighted by atomic mass is 10.2. The van der Waals surface area contributed by atoms with Gasteiger partial charge in [0.05, 0.1) is 11.1 Å². The van der Waals surface area contributed by atoms with Gasteiger partial charge in [-0.05, 0) is 28.4 Å². The summed E-state index contributed by atoms with van der Waals surface area (Å²) in [6, 6.07) is 5.88. The van der Waals surface area contributed by atoms with Gasteiger partial charge in [-0.15, -0.1) is 0 Å². The van der Waals surface area contributed by atoms with Crippen LogP contribution in [-0.4, -0.2) is 19.8 Å². The number of ether oxygens (including phenoxy) is 2. The van der Waals surface area contributed by atoms with Crippen LogP contribution in [0.15, 0.2) is 22.7 Å². The summed E-state index contributed by atoms with van der Waals surface area (Å²) < 4.78 is 12.1. The second-order valence-corrected chi connectivity index (χ2v) is 4.60. The van der Waals surface area contributed by atoms with Crippen LogP contribution in [0.2, 0.25) is 0 Å². The van der Waals surface area contributed by atoms with E-state index in [9.17, 15) is 0 Å². The maximum absolute atomic E-state index is 5.69. The summed E-state index contributed by atoms with van der Waals surface area (Å²) in [6.45, 7) is 4.60. The van der Waals surface area contributed by atoms with E-state index in [-0.39, 0.29) is 0 Å². The van der Waals surface area contributed by atoms with Gasteiger partial charge < -0.3 is 15.2 Å². The van der Waals surface area contributed by atoms with Gasteiger partial charge in [0.15, 0.2) is 0 Å². The standard InChI is InChI=1S/C13H20BrNO2/c1-2-3-7-16-8-9-17-13-11(10-15)5-4-6-12(13)14/h4-6H,2-3,7-10,15H2,1H3. The van der Waals surface area contributed by atoms with Crippen molar-refractivity contribution in [1.29, 1.82) is 0 Å².